The van der Waals surface area contributed by atoms with Crippen molar-refractivity contribution in [2.45, 2.75) is 6.92 Å². The van der Waals surface area contributed by atoms with Crippen molar-refractivity contribution in [1.29, 1.82) is 0 Å². The Balaban J connectivity index is 1.81. The van der Waals surface area contributed by atoms with Crippen LogP contribution in [0.2, 0.25) is 0 Å². The van der Waals surface area contributed by atoms with E-state index < -0.39 is 11.8 Å². The number of methoxy groups -OCH3 is 1. The largest absolute Gasteiger partial charge is 0.497 e. The van der Waals surface area contributed by atoms with Crippen LogP contribution in [0.15, 0.2) is 45.8 Å². The van der Waals surface area contributed by atoms with Crippen molar-refractivity contribution in [3.05, 3.63) is 56.9 Å². The molecule has 2 aromatic rings. The molecule has 1 saturated heterocycles. The van der Waals surface area contributed by atoms with Crippen LogP contribution in [0, 0.1) is 12.3 Å². The van der Waals surface area contributed by atoms with Gasteiger partial charge in [0.2, 0.25) is 0 Å². The molecule has 0 aliphatic carbocycles. The van der Waals surface area contributed by atoms with Gasteiger partial charge in [0.15, 0.2) is 15.8 Å². The second kappa shape index (κ2) is 11.2. The van der Waals surface area contributed by atoms with Gasteiger partial charge in [-0.25, -0.2) is 0 Å². The van der Waals surface area contributed by atoms with E-state index >= 15 is 0 Å². The Labute approximate surface area is 209 Å². The first-order valence-electron chi connectivity index (χ1n) is 9.63. The zero-order valence-corrected chi connectivity index (χ0v) is 20.9. The first-order valence-corrected chi connectivity index (χ1v) is 11.6. The highest BCUT2D eigenvalue weighted by atomic mass is 79.9. The Bertz CT molecular complexity index is 1160. The number of ether oxygens (including phenoxy) is 3. The lowest BCUT2D eigenvalue weighted by atomic mass is 10.2. The number of carbonyl (C=O) groups is 2. The number of rotatable bonds is 8. The van der Waals surface area contributed by atoms with E-state index in [1.165, 1.54) is 7.11 Å². The zero-order chi connectivity index (χ0) is 24.0. The van der Waals surface area contributed by atoms with Crippen molar-refractivity contribution in [2.75, 3.05) is 20.3 Å². The summed E-state index contributed by atoms with van der Waals surface area (Å²) in [6.07, 6.45) is 6.95. The van der Waals surface area contributed by atoms with Gasteiger partial charge in [0.1, 0.15) is 12.4 Å². The maximum atomic E-state index is 12.9. The van der Waals surface area contributed by atoms with E-state index in [9.17, 15) is 9.59 Å². The molecule has 0 saturated carbocycles. The fraction of sp³-hybridized carbons (Fsp3) is 0.174. The van der Waals surface area contributed by atoms with Gasteiger partial charge >= 0.3 is 0 Å². The van der Waals surface area contributed by atoms with Gasteiger partial charge in [-0.2, -0.15) is 5.01 Å². The average Bonchev–Trinajstić information content (AvgIpc) is 3.06. The van der Waals surface area contributed by atoms with Gasteiger partial charge in [-0.15, -0.1) is 6.42 Å². The highest BCUT2D eigenvalue weighted by Gasteiger charge is 2.34. The van der Waals surface area contributed by atoms with Crippen molar-refractivity contribution in [1.82, 2.24) is 10.4 Å². The minimum absolute atomic E-state index is 0.0879. The minimum atomic E-state index is -0.466. The predicted molar refractivity (Wildman–Crippen MR) is 135 cm³/mol. The molecule has 0 atom stereocenters. The zero-order valence-electron chi connectivity index (χ0n) is 17.7. The lowest BCUT2D eigenvalue weighted by Crippen LogP contribution is -2.44. The molecule has 0 radical (unpaired) electrons. The highest BCUT2D eigenvalue weighted by Crippen LogP contribution is 2.39. The highest BCUT2D eigenvalue weighted by molar-refractivity contribution is 9.10. The Kier molecular flexibility index (Phi) is 8.38. The van der Waals surface area contributed by atoms with Crippen LogP contribution in [0.4, 0.5) is 0 Å². The molecule has 1 heterocycles. The number of thiocarbonyl (C=S) groups is 1. The van der Waals surface area contributed by atoms with Crippen molar-refractivity contribution in [2.24, 2.45) is 0 Å². The molecule has 0 spiro atoms. The number of terminal acetylenes is 1. The summed E-state index contributed by atoms with van der Waals surface area (Å²) in [5.74, 6) is 3.09. The molecule has 1 N–H and O–H groups in total. The van der Waals surface area contributed by atoms with Crippen LogP contribution >= 0.6 is 39.9 Å². The van der Waals surface area contributed by atoms with Gasteiger partial charge in [0.25, 0.3) is 11.8 Å². The van der Waals surface area contributed by atoms with Gasteiger partial charge in [-0.05, 0) is 83.1 Å². The van der Waals surface area contributed by atoms with Crippen LogP contribution in [-0.2, 0) is 4.79 Å². The molecule has 1 aliphatic rings. The maximum Gasteiger partial charge on any atom is 0.285 e. The standard InChI is InChI=1S/C23H19BrN2O5S2/c1-4-10-31-20-17(24)11-14(12-18(20)30-5-2)13-19-22(28)26(23(32)33-19)25-21(27)15-6-8-16(29-3)9-7-15/h1,6-9,11-13H,5,10H2,2-3H3,(H,25,27)/b19-13-. The van der Waals surface area contributed by atoms with E-state index in [0.717, 1.165) is 16.8 Å². The molecule has 10 heteroatoms. The van der Waals surface area contributed by atoms with Crippen molar-refractivity contribution in [3.8, 4) is 29.6 Å². The first kappa shape index (κ1) is 24.6. The summed E-state index contributed by atoms with van der Waals surface area (Å²) in [5, 5.41) is 1.06. The summed E-state index contributed by atoms with van der Waals surface area (Å²) in [5.41, 5.74) is 3.60. The summed E-state index contributed by atoms with van der Waals surface area (Å²) in [6.45, 7) is 2.36. The molecule has 2 aromatic carbocycles. The number of benzene rings is 2. The van der Waals surface area contributed by atoms with Crippen LogP contribution in [0.3, 0.4) is 0 Å². The SMILES string of the molecule is C#CCOc1c(Br)cc(/C=C2\SC(=S)N(NC(=O)c3ccc(OC)cc3)C2=O)cc1OCC. The minimum Gasteiger partial charge on any atom is -0.497 e. The molecule has 3 rings (SSSR count). The first-order chi connectivity index (χ1) is 15.9. The van der Waals surface area contributed by atoms with Crippen LogP contribution < -0.4 is 19.6 Å². The van der Waals surface area contributed by atoms with E-state index in [1.807, 2.05) is 6.92 Å². The molecule has 0 unspecified atom stereocenters. The topological polar surface area (TPSA) is 77.1 Å². The van der Waals surface area contributed by atoms with Crippen LogP contribution in [0.5, 0.6) is 17.2 Å². The number of nitrogens with zero attached hydrogens (tertiary/aromatic N) is 1. The van der Waals surface area contributed by atoms with E-state index in [1.54, 1.807) is 42.5 Å². The molecule has 170 valence electrons. The lowest BCUT2D eigenvalue weighted by molar-refractivity contribution is -0.123. The summed E-state index contributed by atoms with van der Waals surface area (Å²) < 4.78 is 17.2. The summed E-state index contributed by atoms with van der Waals surface area (Å²) in [4.78, 5) is 25.8. The molecular formula is C23H19BrN2O5S2. The number of nitrogens with one attached hydrogen (secondary N) is 1. The molecule has 0 aromatic heterocycles. The lowest BCUT2D eigenvalue weighted by Gasteiger charge is -2.15. The molecule has 1 fully saturated rings. The molecule has 2 amide bonds. The van der Waals surface area contributed by atoms with E-state index in [0.29, 0.717) is 44.4 Å². The molecular weight excluding hydrogens is 528 g/mol. The van der Waals surface area contributed by atoms with E-state index in [4.69, 9.17) is 32.9 Å². The summed E-state index contributed by atoms with van der Waals surface area (Å²) in [6, 6.07) is 10.0. The predicted octanol–water partition coefficient (Wildman–Crippen LogP) is 4.41. The monoisotopic (exact) mass is 546 g/mol. The van der Waals surface area contributed by atoms with Crippen molar-refractivity contribution in [3.63, 3.8) is 0 Å². The number of hydrogen-bond acceptors (Lipinski definition) is 7. The Morgan fingerprint density at radius 1 is 1.30 bits per heavy atom. The normalized spacial score (nSPS) is 14.2. The number of hydrazine groups is 1. The number of hydrogen-bond donors (Lipinski definition) is 1. The number of carbonyl (C=O) groups excluding carboxylic acids is 2. The third kappa shape index (κ3) is 5.87. The second-order valence-corrected chi connectivity index (χ2v) is 8.97. The van der Waals surface area contributed by atoms with Crippen LogP contribution in [0.1, 0.15) is 22.8 Å². The van der Waals surface area contributed by atoms with E-state index in [-0.39, 0.29) is 10.9 Å². The van der Waals surface area contributed by atoms with Gasteiger partial charge in [-0.3, -0.25) is 15.0 Å². The third-order valence-corrected chi connectivity index (χ3v) is 6.18. The number of thioether (sulfide) groups is 1. The summed E-state index contributed by atoms with van der Waals surface area (Å²) in [7, 11) is 1.54. The van der Waals surface area contributed by atoms with Crippen LogP contribution in [-0.4, -0.2) is 41.5 Å². The van der Waals surface area contributed by atoms with Gasteiger partial charge < -0.3 is 14.2 Å². The molecule has 33 heavy (non-hydrogen) atoms. The third-order valence-electron chi connectivity index (χ3n) is 4.29. The fourth-order valence-corrected chi connectivity index (χ4v) is 4.57. The molecule has 0 bridgehead atoms. The average molecular weight is 547 g/mol. The van der Waals surface area contributed by atoms with E-state index in [2.05, 4.69) is 27.3 Å². The number of amides is 2. The maximum absolute atomic E-state index is 12.9. The van der Waals surface area contributed by atoms with Crippen molar-refractivity contribution < 1.29 is 23.8 Å². The number of halogens is 1. The Morgan fingerprint density at radius 3 is 2.67 bits per heavy atom. The second-order valence-electron chi connectivity index (χ2n) is 6.44. The van der Waals surface area contributed by atoms with Gasteiger partial charge in [-0.1, -0.05) is 17.7 Å². The fourth-order valence-electron chi connectivity index (χ4n) is 2.81. The molecule has 1 aliphatic heterocycles. The smallest absolute Gasteiger partial charge is 0.285 e. The Morgan fingerprint density at radius 2 is 2.03 bits per heavy atom. The van der Waals surface area contributed by atoms with Crippen LogP contribution in [0.25, 0.3) is 6.08 Å². The van der Waals surface area contributed by atoms with Gasteiger partial charge in [0, 0.05) is 5.56 Å². The molecule has 7 nitrogen and oxygen atoms in total. The van der Waals surface area contributed by atoms with Crippen molar-refractivity contribution >= 4 is 62.1 Å². The Hall–Kier alpha value is -3.00. The summed E-state index contributed by atoms with van der Waals surface area (Å²) >= 11 is 9.84. The van der Waals surface area contributed by atoms with Gasteiger partial charge in [0.05, 0.1) is 23.1 Å². The quantitative estimate of drug-likeness (QED) is 0.298.